The van der Waals surface area contributed by atoms with Gasteiger partial charge in [0.2, 0.25) is 0 Å². The molecular weight excluding hydrogens is 553 g/mol. The standard InChI is InChI=1S/C32H32FN5O5/c1-32(2,3)43-31(41)38-15-13-37(14-16-38)30(40)26-17-19-5-4-6-23(27(19)42-26)22-11-12-34-28-24(22)18-25(36-28)29(39)35-21-9-7-20(33)8-10-21/h4-12,18,26H,13-17H2,1-3H3,(H,34,36)(H,35,39). The molecule has 6 rings (SSSR count). The molecule has 11 heteroatoms. The first-order chi connectivity index (χ1) is 20.6. The number of anilines is 1. The summed E-state index contributed by atoms with van der Waals surface area (Å²) in [5, 5.41) is 3.47. The van der Waals surface area contributed by atoms with Crippen molar-refractivity contribution in [3.05, 3.63) is 77.9 Å². The number of pyridine rings is 1. The Hall–Kier alpha value is -4.93. The van der Waals surface area contributed by atoms with Gasteiger partial charge in [-0.25, -0.2) is 14.2 Å². The number of H-pyrrole nitrogens is 1. The van der Waals surface area contributed by atoms with E-state index in [-0.39, 0.29) is 23.7 Å². The molecule has 3 amide bonds. The predicted octanol–water partition coefficient (Wildman–Crippen LogP) is 5.00. The average molecular weight is 586 g/mol. The summed E-state index contributed by atoms with van der Waals surface area (Å²) in [6, 6.07) is 14.9. The van der Waals surface area contributed by atoms with Crippen LogP contribution in [0.4, 0.5) is 14.9 Å². The molecule has 2 aliphatic heterocycles. The van der Waals surface area contributed by atoms with Crippen molar-refractivity contribution in [2.24, 2.45) is 0 Å². The van der Waals surface area contributed by atoms with Crippen molar-refractivity contribution in [3.8, 4) is 16.9 Å². The van der Waals surface area contributed by atoms with Crippen LogP contribution in [0.3, 0.4) is 0 Å². The van der Waals surface area contributed by atoms with Crippen LogP contribution in [0, 0.1) is 5.82 Å². The highest BCUT2D eigenvalue weighted by Gasteiger charge is 2.36. The van der Waals surface area contributed by atoms with Crippen molar-refractivity contribution in [2.75, 3.05) is 31.5 Å². The number of hydrogen-bond donors (Lipinski definition) is 2. The molecule has 2 aromatic carbocycles. The highest BCUT2D eigenvalue weighted by molar-refractivity contribution is 6.07. The SMILES string of the molecule is CC(C)(C)OC(=O)N1CCN(C(=O)C2Cc3cccc(-c4ccnc5[nH]c(C(=O)Nc6ccc(F)cc6)cc45)c3O2)CC1. The summed E-state index contributed by atoms with van der Waals surface area (Å²) in [6.07, 6.45) is 1.03. The molecule has 4 heterocycles. The van der Waals surface area contributed by atoms with Gasteiger partial charge in [0.15, 0.2) is 6.10 Å². The van der Waals surface area contributed by atoms with Gasteiger partial charge in [-0.2, -0.15) is 0 Å². The number of halogens is 1. The van der Waals surface area contributed by atoms with Gasteiger partial charge >= 0.3 is 6.09 Å². The average Bonchev–Trinajstić information content (AvgIpc) is 3.62. The summed E-state index contributed by atoms with van der Waals surface area (Å²) in [4.78, 5) is 49.6. The van der Waals surface area contributed by atoms with Gasteiger partial charge in [0.1, 0.15) is 28.5 Å². The number of nitrogens with one attached hydrogen (secondary N) is 2. The van der Waals surface area contributed by atoms with Gasteiger partial charge in [0.25, 0.3) is 11.8 Å². The van der Waals surface area contributed by atoms with E-state index < -0.39 is 11.7 Å². The van der Waals surface area contributed by atoms with Crippen LogP contribution in [0.2, 0.25) is 0 Å². The fourth-order valence-electron chi connectivity index (χ4n) is 5.37. The van der Waals surface area contributed by atoms with Gasteiger partial charge < -0.3 is 29.6 Å². The Morgan fingerprint density at radius 2 is 1.72 bits per heavy atom. The zero-order chi connectivity index (χ0) is 30.3. The Labute approximate surface area is 247 Å². The molecule has 1 unspecified atom stereocenters. The number of aromatic nitrogens is 2. The first-order valence-corrected chi connectivity index (χ1v) is 14.2. The third kappa shape index (κ3) is 5.88. The second-order valence-electron chi connectivity index (χ2n) is 11.7. The van der Waals surface area contributed by atoms with Crippen LogP contribution in [0.15, 0.2) is 60.8 Å². The van der Waals surface area contributed by atoms with E-state index in [0.29, 0.717) is 55.4 Å². The van der Waals surface area contributed by atoms with E-state index >= 15 is 0 Å². The number of amides is 3. The van der Waals surface area contributed by atoms with Crippen molar-refractivity contribution < 1.29 is 28.2 Å². The summed E-state index contributed by atoms with van der Waals surface area (Å²) in [7, 11) is 0. The highest BCUT2D eigenvalue weighted by atomic mass is 19.1. The lowest BCUT2D eigenvalue weighted by molar-refractivity contribution is -0.139. The lowest BCUT2D eigenvalue weighted by atomic mass is 9.99. The minimum Gasteiger partial charge on any atom is -0.479 e. The van der Waals surface area contributed by atoms with Gasteiger partial charge in [-0.15, -0.1) is 0 Å². The largest absolute Gasteiger partial charge is 0.479 e. The molecule has 10 nitrogen and oxygen atoms in total. The molecule has 4 aromatic rings. The topological polar surface area (TPSA) is 117 Å². The monoisotopic (exact) mass is 585 g/mol. The molecule has 2 aromatic heterocycles. The third-order valence-electron chi connectivity index (χ3n) is 7.45. The van der Waals surface area contributed by atoms with Crippen molar-refractivity contribution >= 4 is 34.6 Å². The number of carbonyl (C=O) groups is 3. The Kier molecular flexibility index (Phi) is 7.25. The zero-order valence-corrected chi connectivity index (χ0v) is 24.1. The summed E-state index contributed by atoms with van der Waals surface area (Å²) in [5.41, 5.74) is 3.22. The van der Waals surface area contributed by atoms with E-state index in [1.807, 2.05) is 45.0 Å². The molecule has 0 radical (unpaired) electrons. The second kappa shape index (κ2) is 11.0. The van der Waals surface area contributed by atoms with Crippen molar-refractivity contribution in [1.82, 2.24) is 19.8 Å². The first-order valence-electron chi connectivity index (χ1n) is 14.2. The Morgan fingerprint density at radius 1 is 1.00 bits per heavy atom. The Morgan fingerprint density at radius 3 is 2.44 bits per heavy atom. The van der Waals surface area contributed by atoms with Gasteiger partial charge in [-0.05, 0) is 68.3 Å². The van der Waals surface area contributed by atoms with E-state index in [2.05, 4.69) is 15.3 Å². The number of para-hydroxylation sites is 1. The van der Waals surface area contributed by atoms with E-state index in [9.17, 15) is 18.8 Å². The van der Waals surface area contributed by atoms with Crippen LogP contribution in [-0.4, -0.2) is 75.6 Å². The van der Waals surface area contributed by atoms with E-state index in [4.69, 9.17) is 9.47 Å². The van der Waals surface area contributed by atoms with Crippen LogP contribution in [0.1, 0.15) is 36.8 Å². The third-order valence-corrected chi connectivity index (χ3v) is 7.45. The molecule has 43 heavy (non-hydrogen) atoms. The second-order valence-corrected chi connectivity index (χ2v) is 11.7. The molecular formula is C32H32FN5O5. The summed E-state index contributed by atoms with van der Waals surface area (Å²) in [5.74, 6) is -0.270. The minimum atomic E-state index is -0.676. The molecule has 222 valence electrons. The molecule has 1 saturated heterocycles. The lowest BCUT2D eigenvalue weighted by Gasteiger charge is -2.36. The van der Waals surface area contributed by atoms with Crippen molar-refractivity contribution in [3.63, 3.8) is 0 Å². The maximum atomic E-state index is 13.5. The van der Waals surface area contributed by atoms with Crippen LogP contribution in [-0.2, 0) is 16.0 Å². The van der Waals surface area contributed by atoms with E-state index in [1.165, 1.54) is 24.3 Å². The molecule has 0 bridgehead atoms. The molecule has 0 spiro atoms. The van der Waals surface area contributed by atoms with E-state index in [1.54, 1.807) is 22.1 Å². The van der Waals surface area contributed by atoms with Crippen molar-refractivity contribution in [2.45, 2.75) is 38.9 Å². The summed E-state index contributed by atoms with van der Waals surface area (Å²) < 4.78 is 25.0. The number of ether oxygens (including phenoxy) is 2. The van der Waals surface area contributed by atoms with Gasteiger partial charge in [-0.3, -0.25) is 9.59 Å². The van der Waals surface area contributed by atoms with Crippen molar-refractivity contribution in [1.29, 1.82) is 0 Å². The number of piperazine rings is 1. The van der Waals surface area contributed by atoms with Crippen LogP contribution < -0.4 is 10.1 Å². The lowest BCUT2D eigenvalue weighted by Crippen LogP contribution is -2.54. The predicted molar refractivity (Wildman–Crippen MR) is 158 cm³/mol. The fourth-order valence-corrected chi connectivity index (χ4v) is 5.37. The Balaban J connectivity index is 1.18. The number of rotatable bonds is 4. The zero-order valence-electron chi connectivity index (χ0n) is 24.1. The number of benzene rings is 2. The smallest absolute Gasteiger partial charge is 0.410 e. The van der Waals surface area contributed by atoms with E-state index in [0.717, 1.165) is 22.1 Å². The molecule has 1 fully saturated rings. The maximum Gasteiger partial charge on any atom is 0.410 e. The molecule has 2 aliphatic rings. The van der Waals surface area contributed by atoms with Gasteiger partial charge in [-0.1, -0.05) is 18.2 Å². The van der Waals surface area contributed by atoms with Crippen LogP contribution in [0.25, 0.3) is 22.2 Å². The molecule has 0 aliphatic carbocycles. The number of hydrogen-bond acceptors (Lipinski definition) is 6. The highest BCUT2D eigenvalue weighted by Crippen LogP contribution is 2.41. The molecule has 2 N–H and O–H groups in total. The summed E-state index contributed by atoms with van der Waals surface area (Å²) >= 11 is 0. The number of fused-ring (bicyclic) bond motifs is 2. The number of nitrogens with zero attached hydrogens (tertiary/aromatic N) is 3. The molecule has 0 saturated carbocycles. The maximum absolute atomic E-state index is 13.5. The molecule has 1 atom stereocenters. The Bertz CT molecular complexity index is 1700. The first kappa shape index (κ1) is 28.2. The quantitative estimate of drug-likeness (QED) is 0.348. The van der Waals surface area contributed by atoms with Gasteiger partial charge in [0, 0.05) is 55.4 Å². The number of carbonyl (C=O) groups excluding carboxylic acids is 3. The fraction of sp³-hybridized carbons (Fsp3) is 0.312. The summed E-state index contributed by atoms with van der Waals surface area (Å²) in [6.45, 7) is 7.07. The van der Waals surface area contributed by atoms with Gasteiger partial charge in [0.05, 0.1) is 0 Å². The number of aromatic amines is 1. The minimum absolute atomic E-state index is 0.118. The van der Waals surface area contributed by atoms with Crippen LogP contribution in [0.5, 0.6) is 5.75 Å². The van der Waals surface area contributed by atoms with Crippen LogP contribution >= 0.6 is 0 Å². The normalized spacial score (nSPS) is 16.5.